The molecule has 0 amide bonds. The molecule has 2 rings (SSSR count). The van der Waals surface area contributed by atoms with E-state index >= 15 is 0 Å². The largest absolute Gasteiger partial charge is 0.494 e. The molecule has 94 valence electrons. The molecule has 2 nitrogen and oxygen atoms in total. The van der Waals surface area contributed by atoms with Crippen molar-refractivity contribution in [3.05, 3.63) is 29.8 Å². The van der Waals surface area contributed by atoms with Gasteiger partial charge < -0.3 is 10.5 Å². The topological polar surface area (TPSA) is 35.2 Å². The highest BCUT2D eigenvalue weighted by Gasteiger charge is 2.27. The van der Waals surface area contributed by atoms with Gasteiger partial charge in [-0.1, -0.05) is 25.5 Å². The molecule has 1 unspecified atom stereocenters. The van der Waals surface area contributed by atoms with Crippen LogP contribution >= 0.6 is 0 Å². The third-order valence-corrected chi connectivity index (χ3v) is 3.75. The fraction of sp³-hybridized carbons (Fsp3) is 0.600. The van der Waals surface area contributed by atoms with Gasteiger partial charge >= 0.3 is 0 Å². The molecular weight excluding hydrogens is 210 g/mol. The summed E-state index contributed by atoms with van der Waals surface area (Å²) in [6.45, 7) is 3.68. The zero-order chi connectivity index (χ0) is 12.1. The maximum atomic E-state index is 5.90. The number of rotatable bonds is 6. The lowest BCUT2D eigenvalue weighted by atomic mass is 9.73. The standard InChI is InChI=1S/C15H23NO/c1-2-10-17-14-8-6-13(7-9-14)15(11-16)12-4-3-5-12/h6-9,12,15H,2-5,10-11,16H2,1H3. The van der Waals surface area contributed by atoms with Gasteiger partial charge in [0.25, 0.3) is 0 Å². The van der Waals surface area contributed by atoms with Gasteiger partial charge in [0.2, 0.25) is 0 Å². The van der Waals surface area contributed by atoms with Crippen molar-refractivity contribution in [1.82, 2.24) is 0 Å². The lowest BCUT2D eigenvalue weighted by Gasteiger charge is -2.33. The zero-order valence-electron chi connectivity index (χ0n) is 10.7. The lowest BCUT2D eigenvalue weighted by Crippen LogP contribution is -2.26. The molecule has 1 fully saturated rings. The van der Waals surface area contributed by atoms with Crippen molar-refractivity contribution in [3.8, 4) is 5.75 Å². The van der Waals surface area contributed by atoms with Crippen molar-refractivity contribution in [3.63, 3.8) is 0 Å². The average molecular weight is 233 g/mol. The van der Waals surface area contributed by atoms with Crippen LogP contribution in [-0.2, 0) is 0 Å². The van der Waals surface area contributed by atoms with Gasteiger partial charge in [-0.05, 0) is 55.3 Å². The fourth-order valence-corrected chi connectivity index (χ4v) is 2.47. The van der Waals surface area contributed by atoms with Crippen molar-refractivity contribution in [1.29, 1.82) is 0 Å². The third-order valence-electron chi connectivity index (χ3n) is 3.75. The highest BCUT2D eigenvalue weighted by Crippen LogP contribution is 2.38. The summed E-state index contributed by atoms with van der Waals surface area (Å²) < 4.78 is 5.59. The molecule has 1 aliphatic rings. The van der Waals surface area contributed by atoms with E-state index < -0.39 is 0 Å². The van der Waals surface area contributed by atoms with Crippen molar-refractivity contribution in [2.45, 2.75) is 38.5 Å². The van der Waals surface area contributed by atoms with E-state index in [2.05, 4.69) is 31.2 Å². The Hall–Kier alpha value is -1.02. The van der Waals surface area contributed by atoms with E-state index in [9.17, 15) is 0 Å². The van der Waals surface area contributed by atoms with E-state index in [4.69, 9.17) is 10.5 Å². The van der Waals surface area contributed by atoms with Gasteiger partial charge in [-0.3, -0.25) is 0 Å². The summed E-state index contributed by atoms with van der Waals surface area (Å²) in [7, 11) is 0. The molecule has 1 atom stereocenters. The quantitative estimate of drug-likeness (QED) is 0.818. The normalized spacial score (nSPS) is 17.5. The van der Waals surface area contributed by atoms with Crippen LogP contribution in [0.1, 0.15) is 44.1 Å². The molecule has 0 saturated heterocycles. The van der Waals surface area contributed by atoms with Gasteiger partial charge in [0, 0.05) is 0 Å². The van der Waals surface area contributed by atoms with Crippen LogP contribution in [0.3, 0.4) is 0 Å². The van der Waals surface area contributed by atoms with Crippen molar-refractivity contribution >= 4 is 0 Å². The first-order valence-electron chi connectivity index (χ1n) is 6.78. The van der Waals surface area contributed by atoms with E-state index in [0.29, 0.717) is 5.92 Å². The van der Waals surface area contributed by atoms with Gasteiger partial charge in [0.05, 0.1) is 6.61 Å². The van der Waals surface area contributed by atoms with Crippen LogP contribution in [-0.4, -0.2) is 13.2 Å². The van der Waals surface area contributed by atoms with Crippen molar-refractivity contribution < 1.29 is 4.74 Å². The van der Waals surface area contributed by atoms with Crippen LogP contribution in [0.2, 0.25) is 0 Å². The Bertz CT molecular complexity index is 329. The Morgan fingerprint density at radius 3 is 2.47 bits per heavy atom. The molecule has 1 saturated carbocycles. The molecule has 2 N–H and O–H groups in total. The van der Waals surface area contributed by atoms with Gasteiger partial charge in [0.1, 0.15) is 5.75 Å². The molecule has 17 heavy (non-hydrogen) atoms. The molecule has 0 radical (unpaired) electrons. The van der Waals surface area contributed by atoms with Gasteiger partial charge in [0.15, 0.2) is 0 Å². The first kappa shape index (κ1) is 12.4. The molecule has 0 aromatic heterocycles. The number of hydrogen-bond donors (Lipinski definition) is 1. The second-order valence-corrected chi connectivity index (χ2v) is 4.95. The summed E-state index contributed by atoms with van der Waals surface area (Å²) in [5, 5.41) is 0. The minimum Gasteiger partial charge on any atom is -0.494 e. The Morgan fingerprint density at radius 1 is 1.29 bits per heavy atom. The predicted octanol–water partition coefficient (Wildman–Crippen LogP) is 3.32. The number of ether oxygens (including phenoxy) is 1. The van der Waals surface area contributed by atoms with Crippen LogP contribution in [0.4, 0.5) is 0 Å². The summed E-state index contributed by atoms with van der Waals surface area (Å²) in [6, 6.07) is 8.51. The Morgan fingerprint density at radius 2 is 2.00 bits per heavy atom. The Labute approximate surface area is 104 Å². The molecule has 0 heterocycles. The summed E-state index contributed by atoms with van der Waals surface area (Å²) >= 11 is 0. The monoisotopic (exact) mass is 233 g/mol. The Balaban J connectivity index is 1.99. The van der Waals surface area contributed by atoms with Gasteiger partial charge in [-0.15, -0.1) is 0 Å². The van der Waals surface area contributed by atoms with Crippen LogP contribution in [0.5, 0.6) is 5.75 Å². The maximum absolute atomic E-state index is 5.90. The first-order valence-corrected chi connectivity index (χ1v) is 6.78. The van der Waals surface area contributed by atoms with Crippen LogP contribution in [0.15, 0.2) is 24.3 Å². The van der Waals surface area contributed by atoms with Crippen LogP contribution < -0.4 is 10.5 Å². The molecule has 0 spiro atoms. The minimum atomic E-state index is 0.545. The van der Waals surface area contributed by atoms with E-state index in [1.807, 2.05) is 0 Å². The van der Waals surface area contributed by atoms with E-state index in [-0.39, 0.29) is 0 Å². The molecule has 1 aromatic rings. The Kier molecular flexibility index (Phi) is 4.43. The van der Waals surface area contributed by atoms with E-state index in [1.54, 1.807) is 0 Å². The van der Waals surface area contributed by atoms with Crippen molar-refractivity contribution in [2.75, 3.05) is 13.2 Å². The summed E-state index contributed by atoms with van der Waals surface area (Å²) in [5.74, 6) is 2.33. The SMILES string of the molecule is CCCOc1ccc(C(CN)C2CCC2)cc1. The van der Waals surface area contributed by atoms with Gasteiger partial charge in [-0.25, -0.2) is 0 Å². The fourth-order valence-electron chi connectivity index (χ4n) is 2.47. The second-order valence-electron chi connectivity index (χ2n) is 4.95. The number of nitrogens with two attached hydrogens (primary N) is 1. The molecule has 2 heteroatoms. The summed E-state index contributed by atoms with van der Waals surface area (Å²) in [6.07, 6.45) is 5.11. The summed E-state index contributed by atoms with van der Waals surface area (Å²) in [5.41, 5.74) is 7.28. The van der Waals surface area contributed by atoms with E-state index in [1.165, 1.54) is 24.8 Å². The number of benzene rings is 1. The average Bonchev–Trinajstić information content (AvgIpc) is 2.32. The smallest absolute Gasteiger partial charge is 0.119 e. The van der Waals surface area contributed by atoms with Gasteiger partial charge in [-0.2, -0.15) is 0 Å². The molecule has 1 aliphatic carbocycles. The third kappa shape index (κ3) is 3.01. The molecule has 0 aliphatic heterocycles. The second kappa shape index (κ2) is 6.06. The minimum absolute atomic E-state index is 0.545. The van der Waals surface area contributed by atoms with Crippen molar-refractivity contribution in [2.24, 2.45) is 11.7 Å². The predicted molar refractivity (Wildman–Crippen MR) is 71.4 cm³/mol. The molecule has 1 aromatic carbocycles. The van der Waals surface area contributed by atoms with Crippen LogP contribution in [0.25, 0.3) is 0 Å². The number of hydrogen-bond acceptors (Lipinski definition) is 2. The highest BCUT2D eigenvalue weighted by molar-refractivity contribution is 5.30. The maximum Gasteiger partial charge on any atom is 0.119 e. The molecule has 0 bridgehead atoms. The lowest BCUT2D eigenvalue weighted by molar-refractivity contribution is 0.264. The molecular formula is C15H23NO. The first-order chi connectivity index (χ1) is 8.35. The van der Waals surface area contributed by atoms with Crippen LogP contribution in [0, 0.1) is 5.92 Å². The highest BCUT2D eigenvalue weighted by atomic mass is 16.5. The van der Waals surface area contributed by atoms with E-state index in [0.717, 1.165) is 31.2 Å². The summed E-state index contributed by atoms with van der Waals surface area (Å²) in [4.78, 5) is 0. The zero-order valence-corrected chi connectivity index (χ0v) is 10.7.